The van der Waals surface area contributed by atoms with E-state index in [-0.39, 0.29) is 11.8 Å². The molecule has 0 aliphatic rings. The summed E-state index contributed by atoms with van der Waals surface area (Å²) in [5, 5.41) is 7.43. The van der Waals surface area contributed by atoms with Crippen LogP contribution in [0.5, 0.6) is 11.5 Å². The van der Waals surface area contributed by atoms with Crippen molar-refractivity contribution in [3.63, 3.8) is 0 Å². The zero-order chi connectivity index (χ0) is 23.3. The molecular formula is C22H24Cl4N2O4. The number of carbonyl (C=O) groups excluding carboxylic acids is 2. The maximum absolute atomic E-state index is 11.8. The first-order chi connectivity index (χ1) is 15.3. The van der Waals surface area contributed by atoms with Gasteiger partial charge in [-0.1, -0.05) is 46.4 Å². The molecular weight excluding hydrogens is 498 g/mol. The van der Waals surface area contributed by atoms with Gasteiger partial charge >= 0.3 is 0 Å². The van der Waals surface area contributed by atoms with Crippen LogP contribution in [0, 0.1) is 0 Å². The van der Waals surface area contributed by atoms with Gasteiger partial charge in [0.25, 0.3) is 0 Å². The Morgan fingerprint density at radius 2 is 1.09 bits per heavy atom. The minimum atomic E-state index is -0.113. The van der Waals surface area contributed by atoms with Crippen molar-refractivity contribution in [2.75, 3.05) is 26.3 Å². The molecule has 2 N–H and O–H groups in total. The topological polar surface area (TPSA) is 76.7 Å². The lowest BCUT2D eigenvalue weighted by Crippen LogP contribution is -2.34. The van der Waals surface area contributed by atoms with Crippen LogP contribution in [0.15, 0.2) is 36.4 Å². The molecule has 0 saturated heterocycles. The zero-order valence-electron chi connectivity index (χ0n) is 17.3. The standard InChI is InChI=1S/C22H24Cl4N2O4/c23-15-5-7-19(17(25)13-15)31-11-1-3-21(29)27-9-10-28-22(30)4-2-12-32-20-8-6-16(24)14-18(20)26/h5-8,13-14H,1-4,9-12H2,(H,27,29)(H,28,30). The zero-order valence-corrected chi connectivity index (χ0v) is 20.3. The van der Waals surface area contributed by atoms with E-state index < -0.39 is 0 Å². The van der Waals surface area contributed by atoms with Crippen molar-refractivity contribution in [1.29, 1.82) is 0 Å². The lowest BCUT2D eigenvalue weighted by Gasteiger charge is -2.10. The van der Waals surface area contributed by atoms with Crippen molar-refractivity contribution >= 4 is 58.2 Å². The third-order valence-corrected chi connectivity index (χ3v) is 5.23. The minimum absolute atomic E-state index is 0.113. The molecule has 32 heavy (non-hydrogen) atoms. The van der Waals surface area contributed by atoms with E-state index in [1.807, 2.05) is 0 Å². The molecule has 6 nitrogen and oxygen atoms in total. The van der Waals surface area contributed by atoms with Gasteiger partial charge in [-0.2, -0.15) is 0 Å². The Morgan fingerprint density at radius 3 is 1.47 bits per heavy atom. The fourth-order valence-electron chi connectivity index (χ4n) is 2.59. The minimum Gasteiger partial charge on any atom is -0.492 e. The summed E-state index contributed by atoms with van der Waals surface area (Å²) in [6, 6.07) is 9.94. The number of carbonyl (C=O) groups is 2. The van der Waals surface area contributed by atoms with Crippen molar-refractivity contribution in [2.24, 2.45) is 0 Å². The van der Waals surface area contributed by atoms with Gasteiger partial charge in [0.15, 0.2) is 0 Å². The van der Waals surface area contributed by atoms with E-state index in [9.17, 15) is 9.59 Å². The van der Waals surface area contributed by atoms with Gasteiger partial charge in [-0.05, 0) is 49.2 Å². The summed E-state index contributed by atoms with van der Waals surface area (Å²) in [5.74, 6) is 0.832. The average molecular weight is 522 g/mol. The largest absolute Gasteiger partial charge is 0.492 e. The van der Waals surface area contributed by atoms with Crippen LogP contribution in [0.1, 0.15) is 25.7 Å². The second-order valence-corrected chi connectivity index (χ2v) is 8.44. The van der Waals surface area contributed by atoms with E-state index >= 15 is 0 Å². The number of nitrogens with one attached hydrogen (secondary N) is 2. The van der Waals surface area contributed by atoms with E-state index in [0.29, 0.717) is 83.6 Å². The molecule has 2 amide bonds. The molecule has 0 spiro atoms. The van der Waals surface area contributed by atoms with Crippen LogP contribution in [0.2, 0.25) is 20.1 Å². The molecule has 2 aromatic rings. The number of hydrogen-bond donors (Lipinski definition) is 2. The number of hydrogen-bond acceptors (Lipinski definition) is 4. The lowest BCUT2D eigenvalue weighted by atomic mass is 10.3. The summed E-state index contributed by atoms with van der Waals surface area (Å²) < 4.78 is 11.1. The molecule has 0 aliphatic heterocycles. The maximum atomic E-state index is 11.8. The fraction of sp³-hybridized carbons (Fsp3) is 0.364. The van der Waals surface area contributed by atoms with Gasteiger partial charge in [0.1, 0.15) is 11.5 Å². The molecule has 0 aromatic heterocycles. The Balaban J connectivity index is 1.47. The molecule has 0 bridgehead atoms. The van der Waals surface area contributed by atoms with Crippen LogP contribution in [-0.4, -0.2) is 38.1 Å². The third kappa shape index (κ3) is 10.2. The molecule has 0 atom stereocenters. The summed E-state index contributed by atoms with van der Waals surface area (Å²) >= 11 is 23.7. The van der Waals surface area contributed by atoms with Gasteiger partial charge in [-0.3, -0.25) is 9.59 Å². The normalized spacial score (nSPS) is 10.5. The number of benzene rings is 2. The molecule has 10 heteroatoms. The predicted molar refractivity (Wildman–Crippen MR) is 128 cm³/mol. The van der Waals surface area contributed by atoms with Gasteiger partial charge in [0.2, 0.25) is 11.8 Å². The first-order valence-electron chi connectivity index (χ1n) is 10.0. The molecule has 0 unspecified atom stereocenters. The molecule has 0 aliphatic carbocycles. The molecule has 0 fully saturated rings. The van der Waals surface area contributed by atoms with Crippen LogP contribution in [-0.2, 0) is 9.59 Å². The number of ether oxygens (including phenoxy) is 2. The summed E-state index contributed by atoms with van der Waals surface area (Å²) in [6.07, 6.45) is 1.69. The highest BCUT2D eigenvalue weighted by Crippen LogP contribution is 2.28. The summed E-state index contributed by atoms with van der Waals surface area (Å²) in [6.45, 7) is 1.42. The van der Waals surface area contributed by atoms with Crippen LogP contribution in [0.25, 0.3) is 0 Å². The van der Waals surface area contributed by atoms with E-state index in [1.54, 1.807) is 36.4 Å². The number of rotatable bonds is 13. The molecule has 0 radical (unpaired) electrons. The van der Waals surface area contributed by atoms with Crippen LogP contribution in [0.3, 0.4) is 0 Å². The predicted octanol–water partition coefficient (Wildman–Crippen LogP) is 5.55. The van der Waals surface area contributed by atoms with Gasteiger partial charge in [-0.25, -0.2) is 0 Å². The highest BCUT2D eigenvalue weighted by atomic mass is 35.5. The SMILES string of the molecule is O=C(CCCOc1ccc(Cl)cc1Cl)NCCNC(=O)CCCOc1ccc(Cl)cc1Cl. The summed E-state index contributed by atoms with van der Waals surface area (Å²) in [7, 11) is 0. The summed E-state index contributed by atoms with van der Waals surface area (Å²) in [5.41, 5.74) is 0. The second-order valence-electron chi connectivity index (χ2n) is 6.75. The molecule has 2 aromatic carbocycles. The number of amides is 2. The molecule has 0 heterocycles. The Morgan fingerprint density at radius 1 is 0.688 bits per heavy atom. The van der Waals surface area contributed by atoms with Gasteiger partial charge in [0, 0.05) is 36.0 Å². The second kappa shape index (κ2) is 14.3. The van der Waals surface area contributed by atoms with Crippen LogP contribution in [0.4, 0.5) is 0 Å². The fourth-order valence-corrected chi connectivity index (χ4v) is 3.52. The first-order valence-corrected chi connectivity index (χ1v) is 11.6. The van der Waals surface area contributed by atoms with Crippen molar-refractivity contribution in [2.45, 2.75) is 25.7 Å². The van der Waals surface area contributed by atoms with Crippen LogP contribution >= 0.6 is 46.4 Å². The summed E-state index contributed by atoms with van der Waals surface area (Å²) in [4.78, 5) is 23.7. The van der Waals surface area contributed by atoms with Crippen molar-refractivity contribution in [1.82, 2.24) is 10.6 Å². The quantitative estimate of drug-likeness (QED) is 0.339. The van der Waals surface area contributed by atoms with Gasteiger partial charge in [0.05, 0.1) is 23.3 Å². The Labute approximate surface area is 207 Å². The van der Waals surface area contributed by atoms with E-state index in [1.165, 1.54) is 0 Å². The highest BCUT2D eigenvalue weighted by Gasteiger charge is 2.06. The monoisotopic (exact) mass is 520 g/mol. The smallest absolute Gasteiger partial charge is 0.220 e. The highest BCUT2D eigenvalue weighted by molar-refractivity contribution is 6.36. The Kier molecular flexibility index (Phi) is 11.8. The molecule has 174 valence electrons. The Hall–Kier alpha value is -1.86. The third-order valence-electron chi connectivity index (χ3n) is 4.17. The van der Waals surface area contributed by atoms with Crippen molar-refractivity contribution < 1.29 is 19.1 Å². The van der Waals surface area contributed by atoms with E-state index in [2.05, 4.69) is 10.6 Å². The van der Waals surface area contributed by atoms with E-state index in [4.69, 9.17) is 55.9 Å². The van der Waals surface area contributed by atoms with Gasteiger partial charge < -0.3 is 20.1 Å². The maximum Gasteiger partial charge on any atom is 0.220 e. The van der Waals surface area contributed by atoms with Crippen molar-refractivity contribution in [3.8, 4) is 11.5 Å². The molecule has 0 saturated carbocycles. The molecule has 2 rings (SSSR count). The van der Waals surface area contributed by atoms with Crippen LogP contribution < -0.4 is 20.1 Å². The van der Waals surface area contributed by atoms with Gasteiger partial charge in [-0.15, -0.1) is 0 Å². The van der Waals surface area contributed by atoms with Crippen molar-refractivity contribution in [3.05, 3.63) is 56.5 Å². The lowest BCUT2D eigenvalue weighted by molar-refractivity contribution is -0.123. The average Bonchev–Trinajstić information content (AvgIpc) is 2.74. The van der Waals surface area contributed by atoms with E-state index in [0.717, 1.165) is 0 Å². The Bertz CT molecular complexity index is 838. The number of halogens is 4. The first kappa shape index (κ1) is 26.4.